The van der Waals surface area contributed by atoms with Crippen molar-refractivity contribution in [2.75, 3.05) is 0 Å². The van der Waals surface area contributed by atoms with E-state index in [2.05, 4.69) is 35.1 Å². The molecule has 0 bridgehead atoms. The van der Waals surface area contributed by atoms with Crippen LogP contribution < -0.4 is 0 Å². The Morgan fingerprint density at radius 3 is 2.71 bits per heavy atom. The number of thiol groups is 1. The van der Waals surface area contributed by atoms with Crippen molar-refractivity contribution < 1.29 is 0 Å². The van der Waals surface area contributed by atoms with Crippen molar-refractivity contribution in [1.29, 1.82) is 0 Å². The number of hydrogen-bond donors (Lipinski definition) is 1. The molecule has 0 radical (unpaired) electrons. The SMILES string of the molecule is S=C1N=NC(S)S1. The van der Waals surface area contributed by atoms with Gasteiger partial charge in [0, 0.05) is 0 Å². The number of thioether (sulfide) groups is 1. The minimum absolute atomic E-state index is 0.0486. The third-order valence-corrected chi connectivity index (χ3v) is 1.82. The second-order valence-corrected chi connectivity index (χ2v) is 3.48. The maximum atomic E-state index is 4.65. The van der Waals surface area contributed by atoms with Crippen LogP contribution in [0.5, 0.6) is 0 Å². The quantitative estimate of drug-likeness (QED) is 0.420. The first kappa shape index (κ1) is 5.53. The molecule has 7 heavy (non-hydrogen) atoms. The van der Waals surface area contributed by atoms with Gasteiger partial charge in [0.2, 0.25) is 0 Å². The predicted molar refractivity (Wildman–Crippen MR) is 37.8 cm³/mol. The van der Waals surface area contributed by atoms with E-state index in [4.69, 9.17) is 0 Å². The van der Waals surface area contributed by atoms with E-state index >= 15 is 0 Å². The molecule has 1 rings (SSSR count). The molecular weight excluding hydrogens is 148 g/mol. The van der Waals surface area contributed by atoms with Crippen LogP contribution in [0.25, 0.3) is 0 Å². The summed E-state index contributed by atoms with van der Waals surface area (Å²) in [6.45, 7) is 0. The average molecular weight is 150 g/mol. The molecular formula is C2H2N2S3. The van der Waals surface area contributed by atoms with Gasteiger partial charge in [-0.15, -0.1) is 17.7 Å². The number of azo groups is 1. The molecule has 0 N–H and O–H groups in total. The minimum Gasteiger partial charge on any atom is -0.161 e. The van der Waals surface area contributed by atoms with Crippen LogP contribution in [-0.4, -0.2) is 9.03 Å². The fourth-order valence-electron chi connectivity index (χ4n) is 0.234. The Labute approximate surface area is 56.2 Å². The monoisotopic (exact) mass is 150 g/mol. The van der Waals surface area contributed by atoms with E-state index < -0.39 is 0 Å². The highest BCUT2D eigenvalue weighted by Crippen LogP contribution is 2.25. The zero-order valence-electron chi connectivity index (χ0n) is 3.24. The molecule has 1 unspecified atom stereocenters. The van der Waals surface area contributed by atoms with Crippen LogP contribution in [0.2, 0.25) is 0 Å². The highest BCUT2D eigenvalue weighted by Gasteiger charge is 2.10. The Hall–Kier alpha value is 0.390. The lowest BCUT2D eigenvalue weighted by atomic mass is 11.4. The third-order valence-electron chi connectivity index (χ3n) is 0.444. The van der Waals surface area contributed by atoms with Crippen LogP contribution in [-0.2, 0) is 0 Å². The molecule has 1 atom stereocenters. The standard InChI is InChI=1S/C2H2N2S3/c5-1-3-4-2(6)7-1/h1,5H. The number of nitrogens with zero attached hydrogens (tertiary/aromatic N) is 2. The van der Waals surface area contributed by atoms with Crippen molar-refractivity contribution in [2.24, 2.45) is 10.2 Å². The number of thiocarbonyl (C=S) groups is 1. The first-order valence-electron chi connectivity index (χ1n) is 1.58. The molecule has 1 aliphatic heterocycles. The second-order valence-electron chi connectivity index (χ2n) is 0.926. The van der Waals surface area contributed by atoms with Gasteiger partial charge in [-0.2, -0.15) is 5.11 Å². The summed E-state index contributed by atoms with van der Waals surface area (Å²) < 4.78 is 0.535. The summed E-state index contributed by atoms with van der Waals surface area (Å²) in [5.74, 6) is 0. The Kier molecular flexibility index (Phi) is 1.66. The van der Waals surface area contributed by atoms with Crippen molar-refractivity contribution in [3.8, 4) is 0 Å². The summed E-state index contributed by atoms with van der Waals surface area (Å²) >= 11 is 10.00. The first-order chi connectivity index (χ1) is 3.29. The Bertz CT molecular complexity index is 120. The van der Waals surface area contributed by atoms with E-state index in [1.165, 1.54) is 11.8 Å². The van der Waals surface area contributed by atoms with Crippen molar-refractivity contribution in [3.63, 3.8) is 0 Å². The van der Waals surface area contributed by atoms with Crippen LogP contribution in [0.1, 0.15) is 0 Å². The summed E-state index contributed by atoms with van der Waals surface area (Å²) in [7, 11) is 0. The lowest BCUT2D eigenvalue weighted by molar-refractivity contribution is 1.17. The summed E-state index contributed by atoms with van der Waals surface area (Å²) in [6, 6.07) is 0. The molecule has 0 spiro atoms. The van der Waals surface area contributed by atoms with Gasteiger partial charge in [0.15, 0.2) is 9.03 Å². The summed E-state index contributed by atoms with van der Waals surface area (Å²) in [5, 5.41) is 7.19. The smallest absolute Gasteiger partial charge is 0.161 e. The van der Waals surface area contributed by atoms with Crippen LogP contribution in [0.3, 0.4) is 0 Å². The molecule has 0 aliphatic carbocycles. The Balaban J connectivity index is 2.58. The largest absolute Gasteiger partial charge is 0.184 e. The Morgan fingerprint density at radius 1 is 1.86 bits per heavy atom. The predicted octanol–water partition coefficient (Wildman–Crippen LogP) is 1.68. The molecule has 0 saturated carbocycles. The van der Waals surface area contributed by atoms with E-state index in [1.54, 1.807) is 0 Å². The molecule has 0 saturated heterocycles. The van der Waals surface area contributed by atoms with Crippen LogP contribution in [0.4, 0.5) is 0 Å². The van der Waals surface area contributed by atoms with Gasteiger partial charge in [0.05, 0.1) is 0 Å². The van der Waals surface area contributed by atoms with Crippen molar-refractivity contribution >= 4 is 40.9 Å². The van der Waals surface area contributed by atoms with Gasteiger partial charge in [-0.05, 0) is 12.2 Å². The number of hydrogen-bond acceptors (Lipinski definition) is 4. The van der Waals surface area contributed by atoms with Crippen LogP contribution >= 0.6 is 36.6 Å². The lowest BCUT2D eigenvalue weighted by Gasteiger charge is -1.84. The van der Waals surface area contributed by atoms with E-state index in [0.717, 1.165) is 0 Å². The van der Waals surface area contributed by atoms with Gasteiger partial charge in [-0.1, -0.05) is 11.8 Å². The van der Waals surface area contributed by atoms with Crippen molar-refractivity contribution in [2.45, 2.75) is 4.71 Å². The molecule has 0 aromatic heterocycles. The Morgan fingerprint density at radius 2 is 2.57 bits per heavy atom. The van der Waals surface area contributed by atoms with Crippen molar-refractivity contribution in [1.82, 2.24) is 0 Å². The normalized spacial score (nSPS) is 29.3. The molecule has 5 heteroatoms. The fourth-order valence-corrected chi connectivity index (χ4v) is 1.49. The summed E-state index contributed by atoms with van der Waals surface area (Å²) in [6.07, 6.45) is 0. The molecule has 0 aromatic carbocycles. The summed E-state index contributed by atoms with van der Waals surface area (Å²) in [5.41, 5.74) is 0. The van der Waals surface area contributed by atoms with E-state index in [1.807, 2.05) is 0 Å². The van der Waals surface area contributed by atoms with Crippen molar-refractivity contribution in [3.05, 3.63) is 0 Å². The molecule has 0 aromatic rings. The zero-order valence-corrected chi connectivity index (χ0v) is 5.76. The van der Waals surface area contributed by atoms with Crippen LogP contribution in [0.15, 0.2) is 10.2 Å². The molecule has 2 nitrogen and oxygen atoms in total. The van der Waals surface area contributed by atoms with Gasteiger partial charge in [0.1, 0.15) is 0 Å². The topological polar surface area (TPSA) is 24.7 Å². The van der Waals surface area contributed by atoms with Crippen LogP contribution in [0, 0.1) is 0 Å². The van der Waals surface area contributed by atoms with Gasteiger partial charge in [0.25, 0.3) is 0 Å². The van der Waals surface area contributed by atoms with E-state index in [0.29, 0.717) is 4.32 Å². The highest BCUT2D eigenvalue weighted by atomic mass is 32.2. The fraction of sp³-hybridized carbons (Fsp3) is 0.500. The second kappa shape index (κ2) is 2.11. The van der Waals surface area contributed by atoms with E-state index in [9.17, 15) is 0 Å². The lowest BCUT2D eigenvalue weighted by Crippen LogP contribution is -1.77. The zero-order chi connectivity index (χ0) is 5.28. The third kappa shape index (κ3) is 1.40. The van der Waals surface area contributed by atoms with Gasteiger partial charge >= 0.3 is 0 Å². The van der Waals surface area contributed by atoms with E-state index in [-0.39, 0.29) is 4.71 Å². The molecule has 0 fully saturated rings. The molecule has 1 aliphatic rings. The summed E-state index contributed by atoms with van der Waals surface area (Å²) in [4.78, 5) is 0. The number of rotatable bonds is 0. The maximum Gasteiger partial charge on any atom is 0.184 e. The molecule has 0 amide bonds. The minimum atomic E-state index is -0.0486. The maximum absolute atomic E-state index is 4.65. The van der Waals surface area contributed by atoms with Gasteiger partial charge in [-0.25, -0.2) is 0 Å². The van der Waals surface area contributed by atoms with Gasteiger partial charge < -0.3 is 0 Å². The molecule has 38 valence electrons. The first-order valence-corrected chi connectivity index (χ1v) is 3.39. The molecule has 1 heterocycles. The van der Waals surface area contributed by atoms with Gasteiger partial charge in [-0.3, -0.25) is 0 Å². The average Bonchev–Trinajstić information content (AvgIpc) is 1.87. The highest BCUT2D eigenvalue weighted by molar-refractivity contribution is 8.28.